The van der Waals surface area contributed by atoms with Crippen LogP contribution in [0.15, 0.2) is 109 Å². The van der Waals surface area contributed by atoms with Crippen LogP contribution in [0.2, 0.25) is 17.3 Å². The van der Waals surface area contributed by atoms with Gasteiger partial charge in [0.2, 0.25) is 0 Å². The van der Waals surface area contributed by atoms with Crippen molar-refractivity contribution in [2.75, 3.05) is 0 Å². The second kappa shape index (κ2) is 15.6. The topological polar surface area (TPSA) is 25.8 Å². The van der Waals surface area contributed by atoms with E-state index in [1.165, 1.54) is 52.4 Å². The Morgan fingerprint density at radius 1 is 0.694 bits per heavy atom. The van der Waals surface area contributed by atoms with Crippen molar-refractivity contribution < 1.29 is 20.1 Å². The maximum Gasteiger partial charge on any atom is 0 e. The van der Waals surface area contributed by atoms with Crippen LogP contribution in [0.3, 0.4) is 0 Å². The summed E-state index contributed by atoms with van der Waals surface area (Å²) >= 11 is 0.134. The Morgan fingerprint density at radius 3 is 2.12 bits per heavy atom. The minimum Gasteiger partial charge on any atom is 0 e. The molecule has 0 bridgehead atoms. The molecule has 1 unspecified atom stereocenters. The number of hydrogen-bond donors (Lipinski definition) is 0. The molecule has 0 amide bonds. The van der Waals surface area contributed by atoms with Crippen molar-refractivity contribution in [3.63, 3.8) is 0 Å². The van der Waals surface area contributed by atoms with E-state index in [0.717, 1.165) is 22.5 Å². The normalized spacial score (nSPS) is 12.0. The smallest absolute Gasteiger partial charge is 0 e. The van der Waals surface area contributed by atoms with Crippen LogP contribution >= 0.6 is 11.3 Å². The molecule has 3 heterocycles. The van der Waals surface area contributed by atoms with E-state index in [9.17, 15) is 0 Å². The van der Waals surface area contributed by atoms with E-state index in [0.29, 0.717) is 11.8 Å². The van der Waals surface area contributed by atoms with Gasteiger partial charge in [-0.2, -0.15) is 11.3 Å². The second-order valence-corrected chi connectivity index (χ2v) is 26.0. The standard InChI is InChI=1S/C30H28NS.C14H16GeN.Ir/c1-18(2)21(5)22-11-12-31-28(16-22)27-8-6-7-26-25-10-9-23(17-29(25)32-30(26)27)24-14-19(3)13-20(4)15-24;1-15(2,3)13-9-10-14(16-11-13)12-7-5-4-6-8-12;/h6-7,9-18,21H,1-5H3;4-7,9-11H,1-3H3;/q2*-1;. The minimum atomic E-state index is -1.72. The van der Waals surface area contributed by atoms with E-state index in [2.05, 4.69) is 136 Å². The zero-order chi connectivity index (χ0) is 34.0. The number of pyridine rings is 2. The Morgan fingerprint density at radius 2 is 1.47 bits per heavy atom. The van der Waals surface area contributed by atoms with Gasteiger partial charge in [0.15, 0.2) is 0 Å². The molecule has 0 aliphatic rings. The third-order valence-electron chi connectivity index (χ3n) is 9.17. The van der Waals surface area contributed by atoms with Gasteiger partial charge in [-0.1, -0.05) is 79.2 Å². The summed E-state index contributed by atoms with van der Waals surface area (Å²) in [6.45, 7) is 11.2. The zero-order valence-electron chi connectivity index (χ0n) is 29.7. The van der Waals surface area contributed by atoms with Gasteiger partial charge >= 0.3 is 99.8 Å². The summed E-state index contributed by atoms with van der Waals surface area (Å²) in [5.74, 6) is 8.24. The van der Waals surface area contributed by atoms with Gasteiger partial charge < -0.3 is 4.98 Å². The van der Waals surface area contributed by atoms with Crippen LogP contribution in [0.4, 0.5) is 0 Å². The number of nitrogens with zero attached hydrogens (tertiary/aromatic N) is 2. The maximum atomic E-state index is 4.73. The van der Waals surface area contributed by atoms with Crippen molar-refractivity contribution in [3.8, 4) is 33.6 Å². The van der Waals surface area contributed by atoms with Crippen LogP contribution in [0.5, 0.6) is 0 Å². The van der Waals surface area contributed by atoms with Gasteiger partial charge in [0, 0.05) is 31.0 Å². The molecule has 49 heavy (non-hydrogen) atoms. The van der Waals surface area contributed by atoms with Gasteiger partial charge in [-0.05, 0) is 64.7 Å². The predicted octanol–water partition coefficient (Wildman–Crippen LogP) is 12.1. The van der Waals surface area contributed by atoms with E-state index >= 15 is 0 Å². The molecule has 1 radical (unpaired) electrons. The fraction of sp³-hybridized carbons (Fsp3) is 0.227. The second-order valence-electron chi connectivity index (χ2n) is 14.3. The summed E-state index contributed by atoms with van der Waals surface area (Å²) in [7, 11) is 0. The summed E-state index contributed by atoms with van der Waals surface area (Å²) in [6, 6.07) is 41.2. The molecule has 4 aromatic carbocycles. The van der Waals surface area contributed by atoms with Gasteiger partial charge in [0.05, 0.1) is 0 Å². The van der Waals surface area contributed by atoms with Crippen molar-refractivity contribution in [2.45, 2.75) is 57.8 Å². The summed E-state index contributed by atoms with van der Waals surface area (Å²) in [5, 5.41) is 2.59. The quantitative estimate of drug-likeness (QED) is 0.123. The number of benzene rings is 4. The minimum absolute atomic E-state index is 0. The van der Waals surface area contributed by atoms with Gasteiger partial charge in [-0.25, -0.2) is 0 Å². The molecule has 0 saturated heterocycles. The molecule has 0 fully saturated rings. The molecule has 0 aliphatic carbocycles. The van der Waals surface area contributed by atoms with Crippen LogP contribution in [-0.2, 0) is 20.1 Å². The summed E-state index contributed by atoms with van der Waals surface area (Å²) in [4.78, 5) is 9.26. The van der Waals surface area contributed by atoms with Gasteiger partial charge in [-0.3, -0.25) is 0 Å². The molecule has 0 N–H and O–H groups in total. The van der Waals surface area contributed by atoms with Crippen LogP contribution in [0.1, 0.15) is 43.4 Å². The van der Waals surface area contributed by atoms with E-state index < -0.39 is 13.3 Å². The average molecular weight is 898 g/mol. The molecule has 3 aromatic heterocycles. The Labute approximate surface area is 312 Å². The zero-order valence-corrected chi connectivity index (χ0v) is 35.0. The first kappa shape index (κ1) is 36.9. The molecule has 1 atom stereocenters. The van der Waals surface area contributed by atoms with Crippen LogP contribution in [0.25, 0.3) is 53.8 Å². The summed E-state index contributed by atoms with van der Waals surface area (Å²) < 4.78 is 4.02. The predicted molar refractivity (Wildman–Crippen MR) is 211 cm³/mol. The van der Waals surface area contributed by atoms with Gasteiger partial charge in [0.25, 0.3) is 0 Å². The van der Waals surface area contributed by atoms with Crippen molar-refractivity contribution in [1.82, 2.24) is 9.97 Å². The van der Waals surface area contributed by atoms with Gasteiger partial charge in [-0.15, -0.1) is 23.8 Å². The molecule has 5 heteroatoms. The van der Waals surface area contributed by atoms with E-state index in [4.69, 9.17) is 4.98 Å². The number of thiophene rings is 1. The number of fused-ring (bicyclic) bond motifs is 3. The fourth-order valence-corrected chi connectivity index (χ4v) is 9.47. The third-order valence-corrected chi connectivity index (χ3v) is 14.6. The first-order valence-corrected chi connectivity index (χ1v) is 25.0. The monoisotopic (exact) mass is 899 g/mol. The Balaban J connectivity index is 0.000000233. The Hall–Kier alpha value is -3.41. The number of aryl methyl sites for hydroxylation is 2. The molecule has 7 aromatic rings. The van der Waals surface area contributed by atoms with E-state index in [-0.39, 0.29) is 20.1 Å². The van der Waals surface area contributed by atoms with E-state index in [1.807, 2.05) is 54.1 Å². The van der Waals surface area contributed by atoms with Crippen molar-refractivity contribution in [2.24, 2.45) is 5.92 Å². The molecule has 2 nitrogen and oxygen atoms in total. The molecule has 0 saturated carbocycles. The number of hydrogen-bond acceptors (Lipinski definition) is 3. The number of rotatable bonds is 6. The van der Waals surface area contributed by atoms with Crippen molar-refractivity contribution in [3.05, 3.63) is 138 Å². The SMILES string of the molecule is Cc1cc(C)cc(-c2ccc3c(c2)sc2c(-c4cc(C(C)C(C)C)ccn4)[c-]ccc23)c1.[CH3][Ge]([CH3])([CH3])[c]1ccc(-c2[c-]cccc2)nc1.[Ir]. The first-order chi connectivity index (χ1) is 23.0. The van der Waals surface area contributed by atoms with Crippen molar-refractivity contribution in [1.29, 1.82) is 0 Å². The molecular weight excluding hydrogens is 853 g/mol. The largest absolute Gasteiger partial charge is 0 e. The summed E-state index contributed by atoms with van der Waals surface area (Å²) in [5.41, 5.74) is 10.7. The molecular formula is C44H44GeIrN2S-2. The van der Waals surface area contributed by atoms with Crippen LogP contribution < -0.4 is 4.40 Å². The maximum absolute atomic E-state index is 4.73. The molecule has 0 spiro atoms. The van der Waals surface area contributed by atoms with Crippen LogP contribution in [-0.4, -0.2) is 23.2 Å². The number of aromatic nitrogens is 2. The van der Waals surface area contributed by atoms with Crippen molar-refractivity contribution >= 4 is 49.2 Å². The average Bonchev–Trinajstić information content (AvgIpc) is 3.46. The summed E-state index contributed by atoms with van der Waals surface area (Å²) in [6.07, 6.45) is 3.98. The molecule has 0 aliphatic heterocycles. The Bertz CT molecular complexity index is 2160. The van der Waals surface area contributed by atoms with E-state index in [1.54, 1.807) is 0 Å². The Kier molecular flexibility index (Phi) is 11.8. The van der Waals surface area contributed by atoms with Gasteiger partial charge in [0.1, 0.15) is 0 Å². The fourth-order valence-electron chi connectivity index (χ4n) is 6.05. The van der Waals surface area contributed by atoms with Crippen LogP contribution in [0, 0.1) is 31.9 Å². The molecule has 7 rings (SSSR count). The first-order valence-electron chi connectivity index (χ1n) is 16.8. The third kappa shape index (κ3) is 8.49. The molecule has 251 valence electrons.